The van der Waals surface area contributed by atoms with Crippen molar-refractivity contribution >= 4 is 39.1 Å². The summed E-state index contributed by atoms with van der Waals surface area (Å²) in [5.74, 6) is 0.525. The first-order valence-corrected chi connectivity index (χ1v) is 12.0. The Morgan fingerprint density at radius 1 is 1.12 bits per heavy atom. The summed E-state index contributed by atoms with van der Waals surface area (Å²) < 4.78 is 26.3. The lowest BCUT2D eigenvalue weighted by atomic mass is 10.2. The summed E-state index contributed by atoms with van der Waals surface area (Å²) in [6.45, 7) is 2.21. The van der Waals surface area contributed by atoms with Gasteiger partial charge in [-0.2, -0.15) is 4.98 Å². The van der Waals surface area contributed by atoms with Crippen LogP contribution in [0.4, 0.5) is 23.1 Å². The van der Waals surface area contributed by atoms with Gasteiger partial charge >= 0.3 is 0 Å². The lowest BCUT2D eigenvalue weighted by molar-refractivity contribution is 0.100. The molecule has 1 aliphatic carbocycles. The Balaban J connectivity index is 1.47. The second-order valence-corrected chi connectivity index (χ2v) is 10.4. The topological polar surface area (TPSA) is 130 Å². The number of hydrogen-bond acceptors (Lipinski definition) is 7. The molecule has 3 aromatic rings. The highest BCUT2D eigenvalue weighted by Gasteiger charge is 2.38. The quantitative estimate of drug-likeness (QED) is 0.441. The van der Waals surface area contributed by atoms with Crippen LogP contribution in [0, 0.1) is 6.92 Å². The van der Waals surface area contributed by atoms with E-state index in [0.29, 0.717) is 23.9 Å². The van der Waals surface area contributed by atoms with Gasteiger partial charge in [0.05, 0.1) is 5.25 Å². The van der Waals surface area contributed by atoms with Crippen molar-refractivity contribution in [3.8, 4) is 0 Å². The Hall–Kier alpha value is -3.50. The van der Waals surface area contributed by atoms with Crippen molar-refractivity contribution in [2.75, 3.05) is 17.7 Å². The molecule has 9 nitrogen and oxygen atoms in total. The molecule has 1 aliphatic rings. The molecule has 0 aliphatic heterocycles. The van der Waals surface area contributed by atoms with Gasteiger partial charge in [0.15, 0.2) is 0 Å². The molecule has 0 saturated heterocycles. The highest BCUT2D eigenvalue weighted by Crippen LogP contribution is 2.31. The number of rotatable bonds is 9. The highest BCUT2D eigenvalue weighted by atomic mass is 32.2. The normalized spacial score (nSPS) is 13.7. The minimum atomic E-state index is -3.23. The molecule has 2 aromatic carbocycles. The van der Waals surface area contributed by atoms with E-state index in [4.69, 9.17) is 5.73 Å². The molecule has 0 atom stereocenters. The van der Waals surface area contributed by atoms with E-state index in [1.54, 1.807) is 37.5 Å². The Morgan fingerprint density at radius 2 is 1.85 bits per heavy atom. The summed E-state index contributed by atoms with van der Waals surface area (Å²) in [7, 11) is -1.61. The molecule has 0 spiro atoms. The first-order chi connectivity index (χ1) is 15.7. The van der Waals surface area contributed by atoms with Crippen molar-refractivity contribution in [2.24, 2.45) is 5.73 Å². The van der Waals surface area contributed by atoms with Gasteiger partial charge in [-0.1, -0.05) is 12.1 Å². The van der Waals surface area contributed by atoms with Crippen molar-refractivity contribution < 1.29 is 13.2 Å². The van der Waals surface area contributed by atoms with Crippen LogP contribution >= 0.6 is 0 Å². The fraction of sp³-hybridized carbons (Fsp3) is 0.261. The molecule has 1 amide bonds. The first kappa shape index (κ1) is 22.7. The predicted octanol–water partition coefficient (Wildman–Crippen LogP) is 3.30. The van der Waals surface area contributed by atoms with E-state index in [-0.39, 0.29) is 5.25 Å². The molecule has 172 valence electrons. The number of nitrogens with zero attached hydrogens (tertiary/aromatic N) is 3. The van der Waals surface area contributed by atoms with Crippen molar-refractivity contribution in [1.82, 2.24) is 14.3 Å². The Labute approximate surface area is 193 Å². The number of aromatic nitrogens is 2. The zero-order valence-corrected chi connectivity index (χ0v) is 19.3. The van der Waals surface area contributed by atoms with E-state index in [2.05, 4.69) is 20.6 Å². The molecule has 1 saturated carbocycles. The number of nitrogens with two attached hydrogens (primary N) is 1. The summed E-state index contributed by atoms with van der Waals surface area (Å²) in [6.07, 6.45) is 3.19. The van der Waals surface area contributed by atoms with Gasteiger partial charge in [0.1, 0.15) is 5.82 Å². The van der Waals surface area contributed by atoms with E-state index >= 15 is 0 Å². The van der Waals surface area contributed by atoms with Crippen LogP contribution in [-0.4, -0.2) is 40.9 Å². The summed E-state index contributed by atoms with van der Waals surface area (Å²) in [5, 5.41) is 6.16. The minimum Gasteiger partial charge on any atom is -0.366 e. The van der Waals surface area contributed by atoms with Crippen LogP contribution in [0.1, 0.15) is 34.3 Å². The van der Waals surface area contributed by atoms with E-state index in [1.165, 1.54) is 4.31 Å². The number of amides is 1. The Morgan fingerprint density at radius 3 is 2.52 bits per heavy atom. The maximum absolute atomic E-state index is 12.4. The fourth-order valence-electron chi connectivity index (χ4n) is 3.33. The van der Waals surface area contributed by atoms with Gasteiger partial charge in [-0.25, -0.2) is 17.7 Å². The molecule has 1 aromatic heterocycles. The largest absolute Gasteiger partial charge is 0.366 e. The van der Waals surface area contributed by atoms with Crippen molar-refractivity contribution in [1.29, 1.82) is 0 Å². The standard InChI is InChI=1S/C23H26N6O3S/c1-15-13-25-23(27-18-8-6-17(7-9-18)21(24)30)28-22(15)26-19-5-3-4-16(12-19)14-29(2)33(31,32)20-10-11-20/h3-9,12-13,20H,10-11,14H2,1-2H3,(H2,24,30)(H2,25,26,27,28). The van der Waals surface area contributed by atoms with Gasteiger partial charge in [0.2, 0.25) is 21.9 Å². The Bertz CT molecular complexity index is 1270. The maximum Gasteiger partial charge on any atom is 0.248 e. The number of hydrogen-bond donors (Lipinski definition) is 3. The van der Waals surface area contributed by atoms with E-state index in [9.17, 15) is 13.2 Å². The van der Waals surface area contributed by atoms with Crippen LogP contribution < -0.4 is 16.4 Å². The lowest BCUT2D eigenvalue weighted by Crippen LogP contribution is -2.29. The number of benzene rings is 2. The third kappa shape index (κ3) is 5.47. The molecule has 33 heavy (non-hydrogen) atoms. The van der Waals surface area contributed by atoms with Gasteiger partial charge < -0.3 is 16.4 Å². The van der Waals surface area contributed by atoms with E-state index in [1.807, 2.05) is 31.2 Å². The van der Waals surface area contributed by atoms with Crippen LogP contribution in [0.5, 0.6) is 0 Å². The molecule has 1 heterocycles. The highest BCUT2D eigenvalue weighted by molar-refractivity contribution is 7.90. The zero-order chi connectivity index (χ0) is 23.6. The second kappa shape index (κ2) is 9.16. The van der Waals surface area contributed by atoms with Crippen molar-refractivity contribution in [3.63, 3.8) is 0 Å². The third-order valence-electron chi connectivity index (χ3n) is 5.37. The molecule has 0 unspecified atom stereocenters. The average molecular weight is 467 g/mol. The molecule has 0 bridgehead atoms. The summed E-state index contributed by atoms with van der Waals surface area (Å²) in [5.41, 5.74) is 8.94. The number of carbonyl (C=O) groups excluding carboxylic acids is 1. The molecule has 1 fully saturated rings. The fourth-order valence-corrected chi connectivity index (χ4v) is 4.90. The van der Waals surface area contributed by atoms with Crippen LogP contribution in [-0.2, 0) is 16.6 Å². The van der Waals surface area contributed by atoms with Crippen LogP contribution in [0.15, 0.2) is 54.7 Å². The minimum absolute atomic E-state index is 0.231. The lowest BCUT2D eigenvalue weighted by Gasteiger charge is -2.17. The zero-order valence-electron chi connectivity index (χ0n) is 18.4. The van der Waals surface area contributed by atoms with Crippen molar-refractivity contribution in [3.05, 3.63) is 71.4 Å². The van der Waals surface area contributed by atoms with Gasteiger partial charge in [0.25, 0.3) is 0 Å². The SMILES string of the molecule is Cc1cnc(Nc2ccc(C(N)=O)cc2)nc1Nc1cccc(CN(C)S(=O)(=O)C2CC2)c1. The summed E-state index contributed by atoms with van der Waals surface area (Å²) in [6, 6.07) is 14.3. The maximum atomic E-state index is 12.4. The van der Waals surface area contributed by atoms with Crippen LogP contribution in [0.2, 0.25) is 0 Å². The molecular formula is C23H26N6O3S. The van der Waals surface area contributed by atoms with E-state index in [0.717, 1.165) is 35.3 Å². The van der Waals surface area contributed by atoms with Gasteiger partial charge in [-0.3, -0.25) is 4.79 Å². The number of aryl methyl sites for hydroxylation is 1. The van der Waals surface area contributed by atoms with Crippen LogP contribution in [0.3, 0.4) is 0 Å². The molecule has 4 rings (SSSR count). The second-order valence-electron chi connectivity index (χ2n) is 8.12. The predicted molar refractivity (Wildman–Crippen MR) is 128 cm³/mol. The molecule has 4 N–H and O–H groups in total. The van der Waals surface area contributed by atoms with E-state index < -0.39 is 15.9 Å². The number of anilines is 4. The third-order valence-corrected chi connectivity index (χ3v) is 7.68. The summed E-state index contributed by atoms with van der Waals surface area (Å²) >= 11 is 0. The average Bonchev–Trinajstić information content (AvgIpc) is 3.63. The van der Waals surface area contributed by atoms with Crippen molar-refractivity contribution in [2.45, 2.75) is 31.6 Å². The number of primary amides is 1. The van der Waals surface area contributed by atoms with Gasteiger partial charge in [-0.15, -0.1) is 0 Å². The number of sulfonamides is 1. The monoisotopic (exact) mass is 466 g/mol. The smallest absolute Gasteiger partial charge is 0.248 e. The van der Waals surface area contributed by atoms with Crippen LogP contribution in [0.25, 0.3) is 0 Å². The molecule has 0 radical (unpaired) electrons. The first-order valence-electron chi connectivity index (χ1n) is 10.5. The Kier molecular flexibility index (Phi) is 6.30. The number of carbonyl (C=O) groups is 1. The number of nitrogens with one attached hydrogen (secondary N) is 2. The summed E-state index contributed by atoms with van der Waals surface area (Å²) in [4.78, 5) is 20.1. The molecular weight excluding hydrogens is 440 g/mol. The van der Waals surface area contributed by atoms with Gasteiger partial charge in [-0.05, 0) is 61.7 Å². The van der Waals surface area contributed by atoms with Gasteiger partial charge in [0, 0.05) is 42.3 Å². The molecule has 10 heteroatoms.